The van der Waals surface area contributed by atoms with E-state index in [9.17, 15) is 14.4 Å². The molecule has 1 aliphatic carbocycles. The van der Waals surface area contributed by atoms with E-state index in [1.165, 1.54) is 0 Å². The van der Waals surface area contributed by atoms with Crippen LogP contribution in [0.1, 0.15) is 71.1 Å². The Kier molecular flexibility index (Phi) is 8.69. The van der Waals surface area contributed by atoms with Gasteiger partial charge in [0.1, 0.15) is 0 Å². The number of hydrogen-bond donors (Lipinski definition) is 2. The SMILES string of the molecule is CCSC1CCC(C(=O)NCCCC2CCCN2C(=O)C2CCNC(=O)C2)CC1. The molecule has 3 aliphatic rings. The van der Waals surface area contributed by atoms with Gasteiger partial charge in [-0.3, -0.25) is 14.4 Å². The standard InChI is InChI=1S/C22H37N3O3S/c1-2-29-19-9-7-16(8-10-19)21(27)24-12-3-5-18-6-4-14-25(18)22(28)17-11-13-23-20(26)15-17/h16-19H,2-15H2,1H3,(H,23,26)(H,24,27). The van der Waals surface area contributed by atoms with Crippen molar-refractivity contribution < 1.29 is 14.4 Å². The molecule has 2 atom stereocenters. The summed E-state index contributed by atoms with van der Waals surface area (Å²) < 4.78 is 0. The molecular weight excluding hydrogens is 386 g/mol. The lowest BCUT2D eigenvalue weighted by Gasteiger charge is -2.30. The topological polar surface area (TPSA) is 78.5 Å². The van der Waals surface area contributed by atoms with E-state index < -0.39 is 0 Å². The Morgan fingerprint density at radius 3 is 2.66 bits per heavy atom. The number of likely N-dealkylation sites (tertiary alicyclic amines) is 1. The molecule has 0 aromatic rings. The molecule has 29 heavy (non-hydrogen) atoms. The maximum atomic E-state index is 12.9. The lowest BCUT2D eigenvalue weighted by molar-refractivity contribution is -0.140. The fourth-order valence-electron chi connectivity index (χ4n) is 5.08. The highest BCUT2D eigenvalue weighted by atomic mass is 32.2. The molecular formula is C22H37N3O3S. The minimum Gasteiger partial charge on any atom is -0.356 e. The summed E-state index contributed by atoms with van der Waals surface area (Å²) in [5, 5.41) is 6.68. The zero-order chi connectivity index (χ0) is 20.6. The molecule has 2 N–H and O–H groups in total. The maximum absolute atomic E-state index is 12.9. The van der Waals surface area contributed by atoms with Crippen molar-refractivity contribution in [3.8, 4) is 0 Å². The summed E-state index contributed by atoms with van der Waals surface area (Å²) in [6.45, 7) is 4.33. The Balaban J connectivity index is 1.35. The Morgan fingerprint density at radius 2 is 1.93 bits per heavy atom. The molecule has 7 heteroatoms. The summed E-state index contributed by atoms with van der Waals surface area (Å²) in [7, 11) is 0. The number of nitrogens with one attached hydrogen (secondary N) is 2. The molecule has 3 fully saturated rings. The predicted molar refractivity (Wildman–Crippen MR) is 117 cm³/mol. The number of piperidine rings is 1. The van der Waals surface area contributed by atoms with E-state index >= 15 is 0 Å². The molecule has 0 spiro atoms. The van der Waals surface area contributed by atoms with Gasteiger partial charge < -0.3 is 15.5 Å². The van der Waals surface area contributed by atoms with Crippen LogP contribution >= 0.6 is 11.8 Å². The summed E-state index contributed by atoms with van der Waals surface area (Å²) in [6, 6.07) is 0.269. The van der Waals surface area contributed by atoms with Gasteiger partial charge in [0, 0.05) is 49.2 Å². The fourth-order valence-corrected chi connectivity index (χ4v) is 6.15. The summed E-state index contributed by atoms with van der Waals surface area (Å²) >= 11 is 2.03. The second kappa shape index (κ2) is 11.2. The van der Waals surface area contributed by atoms with Crippen molar-refractivity contribution in [2.24, 2.45) is 11.8 Å². The molecule has 2 unspecified atom stereocenters. The zero-order valence-electron chi connectivity index (χ0n) is 17.8. The Bertz CT molecular complexity index is 578. The van der Waals surface area contributed by atoms with Gasteiger partial charge >= 0.3 is 0 Å². The highest BCUT2D eigenvalue weighted by molar-refractivity contribution is 7.99. The first-order valence-corrected chi connectivity index (χ1v) is 12.6. The van der Waals surface area contributed by atoms with Crippen LogP contribution in [0.25, 0.3) is 0 Å². The van der Waals surface area contributed by atoms with Crippen LogP contribution < -0.4 is 10.6 Å². The molecule has 0 aromatic heterocycles. The molecule has 2 heterocycles. The van der Waals surface area contributed by atoms with Crippen molar-refractivity contribution in [3.05, 3.63) is 0 Å². The van der Waals surface area contributed by atoms with E-state index in [1.807, 2.05) is 16.7 Å². The van der Waals surface area contributed by atoms with E-state index in [2.05, 4.69) is 17.6 Å². The Morgan fingerprint density at radius 1 is 1.14 bits per heavy atom. The van der Waals surface area contributed by atoms with Gasteiger partial charge in [-0.25, -0.2) is 0 Å². The normalized spacial score (nSPS) is 30.1. The Labute approximate surface area is 179 Å². The molecule has 3 rings (SSSR count). The first-order chi connectivity index (χ1) is 14.1. The molecule has 1 saturated carbocycles. The van der Waals surface area contributed by atoms with Gasteiger partial charge in [-0.1, -0.05) is 6.92 Å². The first-order valence-electron chi connectivity index (χ1n) is 11.5. The molecule has 2 aliphatic heterocycles. The average molecular weight is 424 g/mol. The van der Waals surface area contributed by atoms with E-state index in [4.69, 9.17) is 0 Å². The van der Waals surface area contributed by atoms with E-state index in [0.29, 0.717) is 19.5 Å². The van der Waals surface area contributed by atoms with Gasteiger partial charge in [0.15, 0.2) is 0 Å². The van der Waals surface area contributed by atoms with Crippen LogP contribution in [0.2, 0.25) is 0 Å². The molecule has 0 bridgehead atoms. The van der Waals surface area contributed by atoms with Crippen molar-refractivity contribution in [2.45, 2.75) is 82.4 Å². The van der Waals surface area contributed by atoms with Crippen LogP contribution in [0.15, 0.2) is 0 Å². The van der Waals surface area contributed by atoms with Crippen LogP contribution in [0, 0.1) is 11.8 Å². The summed E-state index contributed by atoms with van der Waals surface area (Å²) in [4.78, 5) is 38.9. The first kappa shape index (κ1) is 22.4. The molecule has 0 radical (unpaired) electrons. The van der Waals surface area contributed by atoms with Gasteiger partial charge in [-0.15, -0.1) is 0 Å². The third-order valence-electron chi connectivity index (χ3n) is 6.72. The smallest absolute Gasteiger partial charge is 0.226 e. The van der Waals surface area contributed by atoms with Gasteiger partial charge in [0.25, 0.3) is 0 Å². The number of hydrogen-bond acceptors (Lipinski definition) is 4. The van der Waals surface area contributed by atoms with Crippen molar-refractivity contribution in [1.82, 2.24) is 15.5 Å². The third-order valence-corrected chi connectivity index (χ3v) is 7.99. The minimum atomic E-state index is -0.148. The van der Waals surface area contributed by atoms with Gasteiger partial charge in [-0.05, 0) is 63.5 Å². The van der Waals surface area contributed by atoms with Crippen LogP contribution in [0.3, 0.4) is 0 Å². The van der Waals surface area contributed by atoms with E-state index in [-0.39, 0.29) is 35.6 Å². The quantitative estimate of drug-likeness (QED) is 0.589. The van der Waals surface area contributed by atoms with E-state index in [1.54, 1.807) is 0 Å². The minimum absolute atomic E-state index is 0.00428. The zero-order valence-corrected chi connectivity index (χ0v) is 18.6. The summed E-state index contributed by atoms with van der Waals surface area (Å²) in [5.41, 5.74) is 0. The van der Waals surface area contributed by atoms with Crippen molar-refractivity contribution in [3.63, 3.8) is 0 Å². The number of amides is 3. The van der Waals surface area contributed by atoms with Crippen LogP contribution in [0.5, 0.6) is 0 Å². The number of rotatable bonds is 8. The number of carbonyl (C=O) groups excluding carboxylic acids is 3. The van der Waals surface area contributed by atoms with Gasteiger partial charge in [0.2, 0.25) is 17.7 Å². The second-order valence-corrected chi connectivity index (χ2v) is 10.3. The average Bonchev–Trinajstić information content (AvgIpc) is 3.20. The number of carbonyl (C=O) groups is 3. The monoisotopic (exact) mass is 423 g/mol. The predicted octanol–water partition coefficient (Wildman–Crippen LogP) is 2.71. The van der Waals surface area contributed by atoms with Gasteiger partial charge in [-0.2, -0.15) is 11.8 Å². The molecule has 3 amide bonds. The molecule has 164 valence electrons. The summed E-state index contributed by atoms with van der Waals surface area (Å²) in [5.74, 6) is 1.58. The molecule has 6 nitrogen and oxygen atoms in total. The number of thioether (sulfide) groups is 1. The lowest BCUT2D eigenvalue weighted by atomic mass is 9.88. The largest absolute Gasteiger partial charge is 0.356 e. The van der Waals surface area contributed by atoms with Crippen LogP contribution in [0.4, 0.5) is 0 Å². The molecule has 2 saturated heterocycles. The van der Waals surface area contributed by atoms with Crippen molar-refractivity contribution in [2.75, 3.05) is 25.4 Å². The molecule has 0 aromatic carbocycles. The highest BCUT2D eigenvalue weighted by Gasteiger charge is 2.35. The number of nitrogens with zero attached hydrogens (tertiary/aromatic N) is 1. The van der Waals surface area contributed by atoms with E-state index in [0.717, 1.165) is 75.3 Å². The van der Waals surface area contributed by atoms with Crippen molar-refractivity contribution in [1.29, 1.82) is 0 Å². The van der Waals surface area contributed by atoms with Crippen LogP contribution in [-0.4, -0.2) is 59.3 Å². The van der Waals surface area contributed by atoms with Crippen molar-refractivity contribution >= 4 is 29.5 Å². The fraction of sp³-hybridized carbons (Fsp3) is 0.864. The highest BCUT2D eigenvalue weighted by Crippen LogP contribution is 2.32. The summed E-state index contributed by atoms with van der Waals surface area (Å²) in [6.07, 6.45) is 9.37. The lowest BCUT2D eigenvalue weighted by Crippen LogP contribution is -2.45. The third kappa shape index (κ3) is 6.37. The van der Waals surface area contributed by atoms with Gasteiger partial charge in [0.05, 0.1) is 0 Å². The second-order valence-electron chi connectivity index (χ2n) is 8.73. The Hall–Kier alpha value is -1.24. The maximum Gasteiger partial charge on any atom is 0.226 e. The van der Waals surface area contributed by atoms with Crippen LogP contribution in [-0.2, 0) is 14.4 Å².